The molecule has 3 rings (SSSR count). The second-order valence-corrected chi connectivity index (χ2v) is 9.28. The van der Waals surface area contributed by atoms with Crippen LogP contribution in [-0.4, -0.2) is 23.2 Å². The summed E-state index contributed by atoms with van der Waals surface area (Å²) in [6.07, 6.45) is 0. The molecule has 0 aliphatic heterocycles. The predicted molar refractivity (Wildman–Crippen MR) is 114 cm³/mol. The first kappa shape index (κ1) is 22.0. The molecule has 0 spiro atoms. The molecule has 0 heterocycles. The van der Waals surface area contributed by atoms with Crippen molar-refractivity contribution in [2.24, 2.45) is 0 Å². The molecule has 3 aromatic carbocycles. The molecule has 3 aromatic rings. The average molecular weight is 494 g/mol. The Morgan fingerprint density at radius 1 is 0.759 bits per heavy atom. The Morgan fingerprint density at radius 3 is 1.97 bits per heavy atom. The highest BCUT2D eigenvalue weighted by molar-refractivity contribution is 7.87. The third-order valence-electron chi connectivity index (χ3n) is 4.41. The summed E-state index contributed by atoms with van der Waals surface area (Å²) in [6, 6.07) is 12.5. The van der Waals surface area contributed by atoms with Crippen LogP contribution in [0.4, 0.5) is 0 Å². The smallest absolute Gasteiger partial charge is 0.283 e. The van der Waals surface area contributed by atoms with Gasteiger partial charge in [0.1, 0.15) is 0 Å². The molecule has 5 nitrogen and oxygen atoms in total. The lowest BCUT2D eigenvalue weighted by atomic mass is 9.83. The molecule has 10 heteroatoms. The molecule has 152 valence electrons. The van der Waals surface area contributed by atoms with Crippen molar-refractivity contribution in [3.63, 3.8) is 0 Å². The highest BCUT2D eigenvalue weighted by Gasteiger charge is 2.53. The summed E-state index contributed by atoms with van der Waals surface area (Å²) in [4.78, 5) is 0. The van der Waals surface area contributed by atoms with Crippen molar-refractivity contribution >= 4 is 56.5 Å². The van der Waals surface area contributed by atoms with E-state index in [0.29, 0.717) is 0 Å². The third-order valence-corrected chi connectivity index (χ3v) is 6.99. The van der Waals surface area contributed by atoms with Gasteiger partial charge in [-0.05, 0) is 29.8 Å². The molecule has 0 fully saturated rings. The molecular formula is C19H12Cl4O5S. The minimum absolute atomic E-state index is 0.00871. The second kappa shape index (κ2) is 7.87. The minimum atomic E-state index is -5.14. The maximum atomic E-state index is 13.0. The topological polar surface area (TPSA) is 94.8 Å². The third kappa shape index (κ3) is 3.54. The number of rotatable bonds is 4. The molecule has 29 heavy (non-hydrogen) atoms. The van der Waals surface area contributed by atoms with Gasteiger partial charge >= 0.3 is 0 Å². The van der Waals surface area contributed by atoms with Crippen LogP contribution in [0.2, 0.25) is 20.1 Å². The van der Waals surface area contributed by atoms with Gasteiger partial charge in [-0.25, -0.2) is 0 Å². The Hall–Kier alpha value is -1.67. The Kier molecular flexibility index (Phi) is 5.98. The van der Waals surface area contributed by atoms with Gasteiger partial charge in [0.25, 0.3) is 10.1 Å². The van der Waals surface area contributed by atoms with Gasteiger partial charge in [0.05, 0.1) is 10.0 Å². The van der Waals surface area contributed by atoms with Crippen molar-refractivity contribution < 1.29 is 23.2 Å². The van der Waals surface area contributed by atoms with Crippen LogP contribution in [0, 0.1) is 0 Å². The molecule has 0 saturated carbocycles. The first-order valence-electron chi connectivity index (χ1n) is 7.90. The summed E-state index contributed by atoms with van der Waals surface area (Å²) in [5.41, 5.74) is -0.719. The van der Waals surface area contributed by atoms with Crippen LogP contribution in [-0.2, 0) is 14.9 Å². The Bertz CT molecular complexity index is 1200. The summed E-state index contributed by atoms with van der Waals surface area (Å²) in [5.74, 6) is -1.74. The molecule has 0 bridgehead atoms. The summed E-state index contributed by atoms with van der Waals surface area (Å²) < 4.78 is 33.9. The van der Waals surface area contributed by atoms with E-state index in [9.17, 15) is 23.2 Å². The molecule has 1 unspecified atom stereocenters. The summed E-state index contributed by atoms with van der Waals surface area (Å²) in [5, 5.41) is 20.2. The SMILES string of the molecule is O=S(=O)(O)C(c1ccccc1)(c1cc(Cl)ccc1Cl)c1c(Cl)cc(Cl)c(O)c1O. The Morgan fingerprint density at radius 2 is 1.38 bits per heavy atom. The van der Waals surface area contributed by atoms with E-state index in [2.05, 4.69) is 0 Å². The number of phenols is 2. The first-order valence-corrected chi connectivity index (χ1v) is 10.9. The van der Waals surface area contributed by atoms with Gasteiger partial charge in [0.15, 0.2) is 16.2 Å². The first-order chi connectivity index (χ1) is 13.5. The van der Waals surface area contributed by atoms with Crippen LogP contribution in [0.5, 0.6) is 11.5 Å². The zero-order valence-electron chi connectivity index (χ0n) is 14.3. The van der Waals surface area contributed by atoms with Gasteiger partial charge < -0.3 is 10.2 Å². The van der Waals surface area contributed by atoms with Crippen LogP contribution in [0.25, 0.3) is 0 Å². The zero-order chi connectivity index (χ0) is 21.6. The molecule has 0 aliphatic carbocycles. The fourth-order valence-corrected chi connectivity index (χ4v) is 5.71. The lowest BCUT2D eigenvalue weighted by molar-refractivity contribution is 0.394. The highest BCUT2D eigenvalue weighted by Crippen LogP contribution is 2.55. The fraction of sp³-hybridized carbons (Fsp3) is 0.0526. The van der Waals surface area contributed by atoms with E-state index in [0.717, 1.165) is 6.07 Å². The molecule has 0 aromatic heterocycles. The Balaban J connectivity index is 2.67. The fourth-order valence-electron chi connectivity index (χ4n) is 3.22. The highest BCUT2D eigenvalue weighted by atomic mass is 35.5. The number of aromatic hydroxyl groups is 2. The lowest BCUT2D eigenvalue weighted by Crippen LogP contribution is -2.39. The van der Waals surface area contributed by atoms with Crippen molar-refractivity contribution in [1.29, 1.82) is 0 Å². The number of halogens is 4. The lowest BCUT2D eigenvalue weighted by Gasteiger charge is -2.34. The normalized spacial score (nSPS) is 13.8. The van der Waals surface area contributed by atoms with Crippen LogP contribution in [0.3, 0.4) is 0 Å². The van der Waals surface area contributed by atoms with E-state index < -0.39 is 31.9 Å². The van der Waals surface area contributed by atoms with Crippen molar-refractivity contribution in [1.82, 2.24) is 0 Å². The molecular weight excluding hydrogens is 482 g/mol. The summed E-state index contributed by atoms with van der Waals surface area (Å²) >= 11 is 24.5. The number of hydrogen-bond donors (Lipinski definition) is 3. The van der Waals surface area contributed by atoms with Gasteiger partial charge in [-0.1, -0.05) is 76.7 Å². The monoisotopic (exact) mass is 492 g/mol. The largest absolute Gasteiger partial charge is 0.504 e. The van der Waals surface area contributed by atoms with E-state index in [4.69, 9.17) is 46.4 Å². The van der Waals surface area contributed by atoms with E-state index in [1.54, 1.807) is 6.07 Å². The van der Waals surface area contributed by atoms with Crippen molar-refractivity contribution in [3.8, 4) is 11.5 Å². The molecule has 0 aliphatic rings. The predicted octanol–water partition coefficient (Wildman–Crippen LogP) is 5.89. The molecule has 0 amide bonds. The number of hydrogen-bond acceptors (Lipinski definition) is 4. The van der Waals surface area contributed by atoms with Gasteiger partial charge in [0.2, 0.25) is 0 Å². The molecule has 0 radical (unpaired) electrons. The zero-order valence-corrected chi connectivity index (χ0v) is 18.1. The van der Waals surface area contributed by atoms with Crippen LogP contribution < -0.4 is 0 Å². The second-order valence-electron chi connectivity index (χ2n) is 6.06. The standard InChI is InChI=1S/C19H12Cl4O5S/c20-11-6-7-13(21)12(8-11)19(29(26,27)28,10-4-2-1-3-5-10)16-14(22)9-15(23)17(24)18(16)25/h1-9,24-25H,(H,26,27,28). The van der Waals surface area contributed by atoms with E-state index in [1.165, 1.54) is 42.5 Å². The number of benzene rings is 3. The number of phenolic OH excluding ortho intramolecular Hbond substituents is 2. The quantitative estimate of drug-likeness (QED) is 0.239. The van der Waals surface area contributed by atoms with Crippen molar-refractivity contribution in [3.05, 3.63) is 91.4 Å². The van der Waals surface area contributed by atoms with Gasteiger partial charge in [0, 0.05) is 21.2 Å². The molecule has 1 atom stereocenters. The van der Waals surface area contributed by atoms with Crippen LogP contribution >= 0.6 is 46.4 Å². The van der Waals surface area contributed by atoms with Crippen LogP contribution in [0.1, 0.15) is 16.7 Å². The molecule has 3 N–H and O–H groups in total. The maximum Gasteiger partial charge on any atom is 0.283 e. The van der Waals surface area contributed by atoms with Crippen LogP contribution in [0.15, 0.2) is 54.6 Å². The van der Waals surface area contributed by atoms with Gasteiger partial charge in [-0.15, -0.1) is 0 Å². The van der Waals surface area contributed by atoms with Crippen molar-refractivity contribution in [2.45, 2.75) is 4.75 Å². The van der Waals surface area contributed by atoms with Crippen molar-refractivity contribution in [2.75, 3.05) is 0 Å². The van der Waals surface area contributed by atoms with E-state index >= 15 is 0 Å². The Labute approximate surface area is 186 Å². The van der Waals surface area contributed by atoms with E-state index in [-0.39, 0.29) is 31.2 Å². The summed E-state index contributed by atoms with van der Waals surface area (Å²) in [7, 11) is -5.14. The van der Waals surface area contributed by atoms with Gasteiger partial charge in [-0.2, -0.15) is 8.42 Å². The van der Waals surface area contributed by atoms with Gasteiger partial charge in [-0.3, -0.25) is 4.55 Å². The van der Waals surface area contributed by atoms with E-state index in [1.807, 2.05) is 0 Å². The maximum absolute atomic E-state index is 13.0. The average Bonchev–Trinajstić information content (AvgIpc) is 2.65. The minimum Gasteiger partial charge on any atom is -0.504 e. The summed E-state index contributed by atoms with van der Waals surface area (Å²) in [6.45, 7) is 0. The molecule has 0 saturated heterocycles.